The van der Waals surface area contributed by atoms with Gasteiger partial charge in [0.25, 0.3) is 0 Å². The van der Waals surface area contributed by atoms with Crippen molar-refractivity contribution in [3.05, 3.63) is 59.7 Å². The van der Waals surface area contributed by atoms with Gasteiger partial charge < -0.3 is 18.9 Å². The van der Waals surface area contributed by atoms with Gasteiger partial charge in [-0.2, -0.15) is 0 Å². The Bertz CT molecular complexity index is 779. The molecule has 1 heterocycles. The molecule has 2 aliphatic rings. The van der Waals surface area contributed by atoms with E-state index in [9.17, 15) is 4.79 Å². The zero-order valence-electron chi connectivity index (χ0n) is 14.9. The third-order valence-electron chi connectivity index (χ3n) is 5.18. The summed E-state index contributed by atoms with van der Waals surface area (Å²) < 4.78 is 22.1. The molecule has 2 fully saturated rings. The van der Waals surface area contributed by atoms with Crippen LogP contribution in [-0.4, -0.2) is 26.3 Å². The molecule has 0 amide bonds. The van der Waals surface area contributed by atoms with Crippen LogP contribution in [0.1, 0.15) is 36.5 Å². The highest BCUT2D eigenvalue weighted by molar-refractivity contribution is 5.86. The summed E-state index contributed by atoms with van der Waals surface area (Å²) in [5.41, 5.74) is 0.617. The van der Waals surface area contributed by atoms with Crippen LogP contribution in [0, 0.1) is 0 Å². The molecule has 0 aromatic heterocycles. The van der Waals surface area contributed by atoms with E-state index in [-0.39, 0.29) is 18.2 Å². The number of methoxy groups -OCH3 is 2. The Hall–Kier alpha value is -2.53. The van der Waals surface area contributed by atoms with Crippen molar-refractivity contribution in [1.82, 2.24) is 0 Å². The molecule has 0 bridgehead atoms. The molecular formula is C21H22O5. The fraction of sp³-hybridized carbons (Fsp3) is 0.381. The fourth-order valence-corrected chi connectivity index (χ4v) is 3.29. The van der Waals surface area contributed by atoms with Crippen LogP contribution in [0.2, 0.25) is 0 Å². The maximum Gasteiger partial charge on any atom is 0.346 e. The van der Waals surface area contributed by atoms with E-state index in [1.807, 2.05) is 48.5 Å². The highest BCUT2D eigenvalue weighted by Gasteiger charge is 2.66. The van der Waals surface area contributed by atoms with E-state index >= 15 is 0 Å². The van der Waals surface area contributed by atoms with Crippen LogP contribution in [0.3, 0.4) is 0 Å². The molecule has 2 aromatic rings. The van der Waals surface area contributed by atoms with Gasteiger partial charge in [-0.05, 0) is 54.7 Å². The second kappa shape index (κ2) is 6.65. The predicted octanol–water partition coefficient (Wildman–Crippen LogP) is 3.77. The normalized spacial score (nSPS) is 24.5. The lowest BCUT2D eigenvalue weighted by atomic mass is 9.90. The maximum absolute atomic E-state index is 13.0. The highest BCUT2D eigenvalue weighted by Crippen LogP contribution is 2.58. The number of benzene rings is 2. The molecule has 1 saturated heterocycles. The van der Waals surface area contributed by atoms with Crippen LogP contribution in [0.15, 0.2) is 48.5 Å². The van der Waals surface area contributed by atoms with Gasteiger partial charge in [0, 0.05) is 0 Å². The van der Waals surface area contributed by atoms with Crippen LogP contribution in [0.4, 0.5) is 0 Å². The summed E-state index contributed by atoms with van der Waals surface area (Å²) in [6.45, 7) is 0. The average Bonchev–Trinajstić information content (AvgIpc) is 3.41. The SMILES string of the molecule is COc1ccc(C2OC2(C(=O)OC2CCC2)c2ccc(OC)cc2)cc1. The molecule has 2 aromatic carbocycles. The summed E-state index contributed by atoms with van der Waals surface area (Å²) in [4.78, 5) is 13.0. The molecule has 26 heavy (non-hydrogen) atoms. The van der Waals surface area contributed by atoms with Crippen LogP contribution >= 0.6 is 0 Å². The van der Waals surface area contributed by atoms with Crippen molar-refractivity contribution in [3.63, 3.8) is 0 Å². The van der Waals surface area contributed by atoms with Gasteiger partial charge in [0.1, 0.15) is 23.7 Å². The van der Waals surface area contributed by atoms with Gasteiger partial charge in [-0.15, -0.1) is 0 Å². The Morgan fingerprint density at radius 3 is 2.04 bits per heavy atom. The summed E-state index contributed by atoms with van der Waals surface area (Å²) in [5.74, 6) is 1.19. The van der Waals surface area contributed by atoms with Crippen molar-refractivity contribution < 1.29 is 23.7 Å². The van der Waals surface area contributed by atoms with Gasteiger partial charge in [-0.1, -0.05) is 24.3 Å². The first-order chi connectivity index (χ1) is 12.7. The number of ether oxygens (including phenoxy) is 4. The number of hydrogen-bond donors (Lipinski definition) is 0. The largest absolute Gasteiger partial charge is 0.497 e. The zero-order valence-corrected chi connectivity index (χ0v) is 14.9. The molecule has 1 aliphatic carbocycles. The van der Waals surface area contributed by atoms with E-state index in [0.29, 0.717) is 0 Å². The van der Waals surface area contributed by atoms with E-state index in [2.05, 4.69) is 0 Å². The van der Waals surface area contributed by atoms with Gasteiger partial charge in [0.2, 0.25) is 5.60 Å². The Morgan fingerprint density at radius 2 is 1.54 bits per heavy atom. The van der Waals surface area contributed by atoms with Gasteiger partial charge in [0.05, 0.1) is 14.2 Å². The lowest BCUT2D eigenvalue weighted by molar-refractivity contribution is -0.160. The monoisotopic (exact) mass is 354 g/mol. The zero-order chi connectivity index (χ0) is 18.1. The number of esters is 1. The lowest BCUT2D eigenvalue weighted by Gasteiger charge is -2.27. The van der Waals surface area contributed by atoms with Crippen LogP contribution in [-0.2, 0) is 19.9 Å². The van der Waals surface area contributed by atoms with E-state index in [1.54, 1.807) is 14.2 Å². The summed E-state index contributed by atoms with van der Waals surface area (Å²) in [7, 11) is 3.24. The first-order valence-electron chi connectivity index (χ1n) is 8.85. The molecule has 1 aliphatic heterocycles. The van der Waals surface area contributed by atoms with Gasteiger partial charge in [0.15, 0.2) is 0 Å². The van der Waals surface area contributed by atoms with Crippen molar-refractivity contribution in [2.45, 2.75) is 37.1 Å². The van der Waals surface area contributed by atoms with E-state index in [0.717, 1.165) is 41.9 Å². The molecule has 5 heteroatoms. The number of carbonyl (C=O) groups excluding carboxylic acids is 1. The third kappa shape index (κ3) is 2.82. The molecule has 2 atom stereocenters. The molecule has 4 rings (SSSR count). The second-order valence-electron chi connectivity index (χ2n) is 6.69. The standard InChI is InChI=1S/C21H22O5/c1-23-16-10-6-14(7-11-16)19-21(26-19,20(22)25-18-4-3-5-18)15-8-12-17(24-2)13-9-15/h6-13,18-19H,3-5H2,1-2H3. The van der Waals surface area contributed by atoms with E-state index < -0.39 is 5.60 Å². The quantitative estimate of drug-likeness (QED) is 0.584. The Morgan fingerprint density at radius 1 is 0.962 bits per heavy atom. The minimum atomic E-state index is -1.09. The van der Waals surface area contributed by atoms with E-state index in [1.165, 1.54) is 0 Å². The Labute approximate surface area is 152 Å². The molecule has 2 unspecified atom stereocenters. The molecular weight excluding hydrogens is 332 g/mol. The lowest BCUT2D eigenvalue weighted by Crippen LogP contribution is -2.33. The average molecular weight is 354 g/mol. The van der Waals surface area contributed by atoms with E-state index in [4.69, 9.17) is 18.9 Å². The predicted molar refractivity (Wildman–Crippen MR) is 95.2 cm³/mol. The third-order valence-corrected chi connectivity index (χ3v) is 5.18. The number of carbonyl (C=O) groups is 1. The minimum Gasteiger partial charge on any atom is -0.497 e. The summed E-state index contributed by atoms with van der Waals surface area (Å²) >= 11 is 0. The first-order valence-corrected chi connectivity index (χ1v) is 8.85. The van der Waals surface area contributed by atoms with Crippen molar-refractivity contribution in [3.8, 4) is 11.5 Å². The van der Waals surface area contributed by atoms with Crippen LogP contribution in [0.5, 0.6) is 11.5 Å². The number of hydrogen-bond acceptors (Lipinski definition) is 5. The Balaban J connectivity index is 1.64. The molecule has 0 spiro atoms. The van der Waals surface area contributed by atoms with Crippen molar-refractivity contribution in [2.24, 2.45) is 0 Å². The summed E-state index contributed by atoms with van der Waals surface area (Å²) in [5, 5.41) is 0. The van der Waals surface area contributed by atoms with Crippen molar-refractivity contribution in [2.75, 3.05) is 14.2 Å². The molecule has 0 radical (unpaired) electrons. The molecule has 0 N–H and O–H groups in total. The van der Waals surface area contributed by atoms with Gasteiger partial charge in [-0.3, -0.25) is 0 Å². The van der Waals surface area contributed by atoms with Crippen molar-refractivity contribution in [1.29, 1.82) is 0 Å². The first kappa shape index (κ1) is 16.9. The molecule has 1 saturated carbocycles. The fourth-order valence-electron chi connectivity index (χ4n) is 3.29. The summed E-state index contributed by atoms with van der Waals surface area (Å²) in [6, 6.07) is 15.0. The smallest absolute Gasteiger partial charge is 0.346 e. The van der Waals surface area contributed by atoms with Gasteiger partial charge >= 0.3 is 5.97 Å². The summed E-state index contributed by atoms with van der Waals surface area (Å²) in [6.07, 6.45) is 2.61. The minimum absolute atomic E-state index is 0.0124. The maximum atomic E-state index is 13.0. The topological polar surface area (TPSA) is 57.3 Å². The second-order valence-corrected chi connectivity index (χ2v) is 6.69. The molecule has 136 valence electrons. The van der Waals surface area contributed by atoms with Gasteiger partial charge in [-0.25, -0.2) is 4.79 Å². The number of rotatable bonds is 6. The highest BCUT2D eigenvalue weighted by atomic mass is 16.7. The Kier molecular flexibility index (Phi) is 4.32. The van der Waals surface area contributed by atoms with Crippen LogP contribution < -0.4 is 9.47 Å². The number of epoxide rings is 1. The molecule has 5 nitrogen and oxygen atoms in total. The van der Waals surface area contributed by atoms with Crippen molar-refractivity contribution >= 4 is 5.97 Å². The van der Waals surface area contributed by atoms with Crippen LogP contribution in [0.25, 0.3) is 0 Å².